The number of hydrogen-bond donors (Lipinski definition) is 1. The third kappa shape index (κ3) is 7.64. The molecule has 6 rings (SSSR count). The van der Waals surface area contributed by atoms with Crippen molar-refractivity contribution in [2.24, 2.45) is 5.92 Å². The Morgan fingerprint density at radius 2 is 1.28 bits per heavy atom. The number of benzene rings is 4. The minimum absolute atomic E-state index is 0.124. The second-order valence-electron chi connectivity index (χ2n) is 12.8. The first-order valence-electron chi connectivity index (χ1n) is 16.6. The maximum atomic E-state index is 11.0. The van der Waals surface area contributed by atoms with E-state index in [1.54, 1.807) is 0 Å². The van der Waals surface area contributed by atoms with Crippen LogP contribution in [0.25, 0.3) is 0 Å². The third-order valence-electron chi connectivity index (χ3n) is 8.62. The Bertz CT molecular complexity index is 1510. The fourth-order valence-corrected chi connectivity index (χ4v) is 6.20. The highest BCUT2D eigenvalue weighted by molar-refractivity contribution is 5.62. The summed E-state index contributed by atoms with van der Waals surface area (Å²) >= 11 is 0. The van der Waals surface area contributed by atoms with Crippen molar-refractivity contribution < 1.29 is 28.8 Å². The Labute approximate surface area is 273 Å². The molecule has 0 spiro atoms. The molecule has 4 aromatic rings. The Morgan fingerprint density at radius 1 is 0.717 bits per heavy atom. The van der Waals surface area contributed by atoms with Crippen molar-refractivity contribution in [1.29, 1.82) is 0 Å². The standard InChI is InChI=1S/C40H46O6/c1-4-42-24-35(41)21-29-19-33(15-17-38(29)46-27-37-26-44-37)40(31-11-7-5-8-12-31,32-13-9-6-10-14-32)34-16-18-39(45-23-28(2)3)30(20-34)22-36-25-43-36/h5-20,28,35-37,41H,4,21-27H2,1-3H3. The summed E-state index contributed by atoms with van der Waals surface area (Å²) in [5.74, 6) is 2.09. The largest absolute Gasteiger partial charge is 0.493 e. The summed E-state index contributed by atoms with van der Waals surface area (Å²) < 4.78 is 29.3. The molecule has 46 heavy (non-hydrogen) atoms. The lowest BCUT2D eigenvalue weighted by molar-refractivity contribution is 0.0426. The molecular weight excluding hydrogens is 576 g/mol. The van der Waals surface area contributed by atoms with Gasteiger partial charge < -0.3 is 28.8 Å². The number of aliphatic hydroxyl groups excluding tert-OH is 1. The van der Waals surface area contributed by atoms with Crippen LogP contribution in [0.5, 0.6) is 11.5 Å². The molecule has 0 aliphatic carbocycles. The van der Waals surface area contributed by atoms with Crippen LogP contribution in [0.15, 0.2) is 97.1 Å². The van der Waals surface area contributed by atoms with Gasteiger partial charge in [-0.2, -0.15) is 0 Å². The molecule has 2 aliphatic rings. The molecule has 0 bridgehead atoms. The summed E-state index contributed by atoms with van der Waals surface area (Å²) in [6.07, 6.45) is 0.871. The van der Waals surface area contributed by atoms with Gasteiger partial charge in [0.15, 0.2) is 0 Å². The zero-order valence-electron chi connectivity index (χ0n) is 27.2. The summed E-state index contributed by atoms with van der Waals surface area (Å²) in [6.45, 7) is 9.72. The van der Waals surface area contributed by atoms with Crippen molar-refractivity contribution >= 4 is 0 Å². The van der Waals surface area contributed by atoms with Crippen LogP contribution in [0.2, 0.25) is 0 Å². The molecule has 6 heteroatoms. The summed E-state index contributed by atoms with van der Waals surface area (Å²) in [7, 11) is 0. The Morgan fingerprint density at radius 3 is 1.83 bits per heavy atom. The molecule has 2 saturated heterocycles. The van der Waals surface area contributed by atoms with Crippen molar-refractivity contribution in [1.82, 2.24) is 0 Å². The molecule has 2 fully saturated rings. The summed E-state index contributed by atoms with van der Waals surface area (Å²) in [4.78, 5) is 0. The number of rotatable bonds is 17. The molecule has 242 valence electrons. The second-order valence-corrected chi connectivity index (χ2v) is 12.8. The van der Waals surface area contributed by atoms with E-state index in [0.29, 0.717) is 32.2 Å². The van der Waals surface area contributed by atoms with Crippen molar-refractivity contribution in [3.05, 3.63) is 130 Å². The Hall–Kier alpha value is -3.68. The van der Waals surface area contributed by atoms with Crippen LogP contribution in [0.3, 0.4) is 0 Å². The maximum absolute atomic E-state index is 11.0. The second kappa shape index (κ2) is 14.8. The average Bonchev–Trinajstić information content (AvgIpc) is 4.01. The first kappa shape index (κ1) is 32.3. The molecule has 2 heterocycles. The van der Waals surface area contributed by atoms with Gasteiger partial charge in [0.05, 0.1) is 44.1 Å². The molecule has 3 unspecified atom stereocenters. The zero-order chi connectivity index (χ0) is 31.9. The van der Waals surface area contributed by atoms with Crippen molar-refractivity contribution in [2.45, 2.75) is 57.3 Å². The van der Waals surface area contributed by atoms with E-state index < -0.39 is 11.5 Å². The molecule has 3 atom stereocenters. The minimum atomic E-state index is -0.671. The van der Waals surface area contributed by atoms with Crippen LogP contribution >= 0.6 is 0 Å². The molecular formula is C40H46O6. The predicted molar refractivity (Wildman–Crippen MR) is 180 cm³/mol. The first-order chi connectivity index (χ1) is 22.5. The van der Waals surface area contributed by atoms with E-state index in [9.17, 15) is 5.11 Å². The fourth-order valence-electron chi connectivity index (χ4n) is 6.20. The summed E-state index contributed by atoms with van der Waals surface area (Å²) in [5.41, 5.74) is 5.92. The van der Waals surface area contributed by atoms with Gasteiger partial charge in [-0.1, -0.05) is 98.8 Å². The zero-order valence-corrected chi connectivity index (χ0v) is 27.2. The highest BCUT2D eigenvalue weighted by Crippen LogP contribution is 2.47. The van der Waals surface area contributed by atoms with E-state index in [1.165, 1.54) is 0 Å². The van der Waals surface area contributed by atoms with Gasteiger partial charge in [0.1, 0.15) is 24.2 Å². The Balaban J connectivity index is 1.54. The molecule has 6 nitrogen and oxygen atoms in total. The van der Waals surface area contributed by atoms with Gasteiger partial charge in [0.2, 0.25) is 0 Å². The van der Waals surface area contributed by atoms with Gasteiger partial charge in [0.25, 0.3) is 0 Å². The van der Waals surface area contributed by atoms with Gasteiger partial charge in [-0.25, -0.2) is 0 Å². The van der Waals surface area contributed by atoms with Crippen LogP contribution in [-0.4, -0.2) is 63.1 Å². The van der Waals surface area contributed by atoms with Gasteiger partial charge >= 0.3 is 0 Å². The van der Waals surface area contributed by atoms with Crippen molar-refractivity contribution in [3.8, 4) is 11.5 Å². The lowest BCUT2D eigenvalue weighted by atomic mass is 9.64. The quantitative estimate of drug-likeness (QED) is 0.104. The van der Waals surface area contributed by atoms with Crippen LogP contribution in [0, 0.1) is 5.92 Å². The lowest BCUT2D eigenvalue weighted by Gasteiger charge is -2.38. The lowest BCUT2D eigenvalue weighted by Crippen LogP contribution is -2.31. The van der Waals surface area contributed by atoms with Gasteiger partial charge in [-0.3, -0.25) is 0 Å². The predicted octanol–water partition coefficient (Wildman–Crippen LogP) is 6.76. The molecule has 4 aromatic carbocycles. The van der Waals surface area contributed by atoms with E-state index in [2.05, 4.69) is 111 Å². The number of epoxide rings is 2. The molecule has 1 N–H and O–H groups in total. The first-order valence-corrected chi connectivity index (χ1v) is 16.6. The van der Waals surface area contributed by atoms with E-state index in [4.69, 9.17) is 23.7 Å². The average molecular weight is 623 g/mol. The van der Waals surface area contributed by atoms with E-state index >= 15 is 0 Å². The monoisotopic (exact) mass is 622 g/mol. The van der Waals surface area contributed by atoms with E-state index in [-0.39, 0.29) is 18.8 Å². The number of ether oxygens (including phenoxy) is 5. The van der Waals surface area contributed by atoms with Gasteiger partial charge in [-0.05, 0) is 58.4 Å². The molecule has 0 radical (unpaired) electrons. The van der Waals surface area contributed by atoms with Crippen molar-refractivity contribution in [3.63, 3.8) is 0 Å². The normalized spacial score (nSPS) is 17.9. The van der Waals surface area contributed by atoms with Crippen LogP contribution in [0.4, 0.5) is 0 Å². The third-order valence-corrected chi connectivity index (χ3v) is 8.62. The van der Waals surface area contributed by atoms with E-state index in [1.807, 2.05) is 6.92 Å². The van der Waals surface area contributed by atoms with Crippen LogP contribution < -0.4 is 9.47 Å². The molecule has 0 aromatic heterocycles. The topological polar surface area (TPSA) is 73.0 Å². The highest BCUT2D eigenvalue weighted by Gasteiger charge is 2.40. The van der Waals surface area contributed by atoms with Crippen LogP contribution in [-0.2, 0) is 32.5 Å². The van der Waals surface area contributed by atoms with Gasteiger partial charge in [-0.15, -0.1) is 0 Å². The van der Waals surface area contributed by atoms with Gasteiger partial charge in [0, 0.05) is 19.4 Å². The van der Waals surface area contributed by atoms with Crippen molar-refractivity contribution in [2.75, 3.05) is 39.6 Å². The fraction of sp³-hybridized carbons (Fsp3) is 0.400. The SMILES string of the molecule is CCOCC(O)Cc1cc(C(c2ccccc2)(c2ccccc2)c2ccc(OCC(C)C)c(CC3CO3)c2)ccc1OCC1CO1. The van der Waals surface area contributed by atoms with E-state index in [0.717, 1.165) is 64.5 Å². The smallest absolute Gasteiger partial charge is 0.122 e. The summed E-state index contributed by atoms with van der Waals surface area (Å²) in [5, 5.41) is 11.0. The highest BCUT2D eigenvalue weighted by atomic mass is 16.6. The Kier molecular flexibility index (Phi) is 10.4. The minimum Gasteiger partial charge on any atom is -0.493 e. The maximum Gasteiger partial charge on any atom is 0.122 e. The molecule has 0 amide bonds. The number of hydrogen-bond acceptors (Lipinski definition) is 6. The molecule has 0 saturated carbocycles. The summed E-state index contributed by atoms with van der Waals surface area (Å²) in [6, 6.07) is 34.5. The number of aliphatic hydroxyl groups is 1. The molecule has 2 aliphatic heterocycles. The van der Waals surface area contributed by atoms with Crippen LogP contribution in [0.1, 0.15) is 54.2 Å².